The number of carbonyl (C=O) groups excluding carboxylic acids is 1. The number of hydrogen-bond acceptors (Lipinski definition) is 4. The molecule has 6 nitrogen and oxygen atoms in total. The van der Waals surface area contributed by atoms with Crippen molar-refractivity contribution in [2.45, 2.75) is 64.2 Å². The van der Waals surface area contributed by atoms with E-state index in [2.05, 4.69) is 55.3 Å². The fraction of sp³-hybridized carbons (Fsp3) is 0.533. The number of carboxylic acids is 1. The first-order chi connectivity index (χ1) is 18.9. The van der Waals surface area contributed by atoms with E-state index >= 15 is 0 Å². The fourth-order valence-electron chi connectivity index (χ4n) is 5.65. The average molecular weight is 583 g/mol. The monoisotopic (exact) mass is 582 g/mol. The minimum absolute atomic E-state index is 0.0167. The number of morpholine rings is 1. The molecule has 1 aliphatic heterocycles. The molecule has 1 aliphatic carbocycles. The molecular formula is C30H38ClF3N2O4. The quantitative estimate of drug-likeness (QED) is 0.413. The molecule has 1 heterocycles. The molecular weight excluding hydrogens is 545 g/mol. The maximum absolute atomic E-state index is 13.8. The highest BCUT2D eigenvalue weighted by molar-refractivity contribution is 6.30. The van der Waals surface area contributed by atoms with E-state index in [0.717, 1.165) is 51.1 Å². The molecule has 0 spiro atoms. The van der Waals surface area contributed by atoms with Crippen molar-refractivity contribution in [1.82, 2.24) is 10.2 Å². The summed E-state index contributed by atoms with van der Waals surface area (Å²) in [6.07, 6.45) is -2.08. The van der Waals surface area contributed by atoms with Gasteiger partial charge in [-0.05, 0) is 66.8 Å². The molecule has 10 heteroatoms. The molecule has 0 bridgehead atoms. The lowest BCUT2D eigenvalue weighted by molar-refractivity contribution is -0.192. The van der Waals surface area contributed by atoms with Gasteiger partial charge in [0.25, 0.3) is 0 Å². The molecule has 1 saturated heterocycles. The van der Waals surface area contributed by atoms with Gasteiger partial charge in [0.1, 0.15) is 0 Å². The zero-order valence-electron chi connectivity index (χ0n) is 23.1. The Morgan fingerprint density at radius 1 is 1.05 bits per heavy atom. The van der Waals surface area contributed by atoms with E-state index in [1.807, 2.05) is 24.3 Å². The largest absolute Gasteiger partial charge is 0.490 e. The van der Waals surface area contributed by atoms with Crippen molar-refractivity contribution < 1.29 is 32.6 Å². The van der Waals surface area contributed by atoms with E-state index in [1.165, 1.54) is 11.1 Å². The highest BCUT2D eigenvalue weighted by atomic mass is 35.5. The SMILES string of the molecule is Cc1ccccc1[C@@H]1C[C@@H](N2CCOCC2)CC[C@H]1C(=O)NC(c1ccc(Cl)cc1)C(C)C.O=C(O)C(F)(F)F. The average Bonchev–Trinajstić information content (AvgIpc) is 2.92. The van der Waals surface area contributed by atoms with Crippen molar-refractivity contribution in [2.75, 3.05) is 26.3 Å². The van der Waals surface area contributed by atoms with Crippen LogP contribution >= 0.6 is 11.6 Å². The van der Waals surface area contributed by atoms with E-state index in [9.17, 15) is 18.0 Å². The number of nitrogens with one attached hydrogen (secondary N) is 1. The Morgan fingerprint density at radius 3 is 2.20 bits per heavy atom. The smallest absolute Gasteiger partial charge is 0.475 e. The minimum Gasteiger partial charge on any atom is -0.475 e. The summed E-state index contributed by atoms with van der Waals surface area (Å²) in [5, 5.41) is 11.3. The molecule has 0 aromatic heterocycles. The molecule has 4 atom stereocenters. The summed E-state index contributed by atoms with van der Waals surface area (Å²) < 4.78 is 37.3. The van der Waals surface area contributed by atoms with E-state index in [0.29, 0.717) is 11.1 Å². The van der Waals surface area contributed by atoms with Crippen molar-refractivity contribution in [3.8, 4) is 0 Å². The first-order valence-electron chi connectivity index (χ1n) is 13.6. The summed E-state index contributed by atoms with van der Waals surface area (Å²) >= 11 is 6.10. The molecule has 2 aromatic carbocycles. The number of halogens is 4. The molecule has 1 amide bonds. The summed E-state index contributed by atoms with van der Waals surface area (Å²) in [4.78, 5) is 25.2. The van der Waals surface area contributed by atoms with E-state index < -0.39 is 12.1 Å². The molecule has 1 saturated carbocycles. The van der Waals surface area contributed by atoms with Gasteiger partial charge in [0.05, 0.1) is 19.3 Å². The number of nitrogens with zero attached hydrogens (tertiary/aromatic N) is 1. The van der Waals surface area contributed by atoms with Crippen molar-refractivity contribution in [3.05, 3.63) is 70.2 Å². The van der Waals surface area contributed by atoms with Crippen molar-refractivity contribution >= 4 is 23.5 Å². The van der Waals surface area contributed by atoms with Crippen LogP contribution in [0.5, 0.6) is 0 Å². The Balaban J connectivity index is 0.000000559. The van der Waals surface area contributed by atoms with Crippen LogP contribution in [0.1, 0.15) is 61.8 Å². The second kappa shape index (κ2) is 14.3. The van der Waals surface area contributed by atoms with Crippen molar-refractivity contribution in [1.29, 1.82) is 0 Å². The van der Waals surface area contributed by atoms with Crippen LogP contribution in [0.25, 0.3) is 0 Å². The first kappa shape index (κ1) is 31.9. The Labute approximate surface area is 238 Å². The number of ether oxygens (including phenoxy) is 1. The molecule has 2 aromatic rings. The Hall–Kier alpha value is -2.62. The lowest BCUT2D eigenvalue weighted by atomic mass is 9.71. The Bertz CT molecular complexity index is 1120. The van der Waals surface area contributed by atoms with E-state index in [1.54, 1.807) is 0 Å². The van der Waals surface area contributed by atoms with E-state index in [-0.39, 0.29) is 29.7 Å². The minimum atomic E-state index is -5.08. The Morgan fingerprint density at radius 2 is 1.65 bits per heavy atom. The number of carbonyl (C=O) groups is 2. The van der Waals surface area contributed by atoms with Crippen LogP contribution in [0.3, 0.4) is 0 Å². The van der Waals surface area contributed by atoms with Crippen molar-refractivity contribution in [2.24, 2.45) is 11.8 Å². The van der Waals surface area contributed by atoms with Crippen LogP contribution in [-0.4, -0.2) is 60.4 Å². The van der Waals surface area contributed by atoms with Crippen LogP contribution in [0.15, 0.2) is 48.5 Å². The zero-order valence-corrected chi connectivity index (χ0v) is 23.8. The van der Waals surface area contributed by atoms with Gasteiger partial charge >= 0.3 is 12.1 Å². The standard InChI is InChI=1S/C28H37ClN2O2.C2HF3O2/c1-19(2)27(21-8-10-22(29)11-9-21)30-28(32)25-13-12-23(31-14-16-33-17-15-31)18-26(25)24-7-5-4-6-20(24)3;3-2(4,5)1(6)7/h4-11,19,23,25-27H,12-18H2,1-3H3,(H,30,32);(H,6,7)/t23-,25+,26-,27?;/m0./s1. The fourth-order valence-corrected chi connectivity index (χ4v) is 5.77. The summed E-state index contributed by atoms with van der Waals surface area (Å²) in [5.41, 5.74) is 3.71. The topological polar surface area (TPSA) is 78.9 Å². The second-order valence-electron chi connectivity index (χ2n) is 10.8. The first-order valence-corrected chi connectivity index (χ1v) is 14.0. The normalized spacial score (nSPS) is 22.6. The van der Waals surface area contributed by atoms with E-state index in [4.69, 9.17) is 26.2 Å². The van der Waals surface area contributed by atoms with Gasteiger partial charge in [-0.25, -0.2) is 4.79 Å². The third-order valence-electron chi connectivity index (χ3n) is 7.75. The lowest BCUT2D eigenvalue weighted by Crippen LogP contribution is -2.48. The summed E-state index contributed by atoms with van der Waals surface area (Å²) in [7, 11) is 0. The van der Waals surface area contributed by atoms with Crippen LogP contribution < -0.4 is 5.32 Å². The summed E-state index contributed by atoms with van der Waals surface area (Å²) in [6.45, 7) is 10.1. The van der Waals surface area contributed by atoms with Crippen LogP contribution in [0, 0.1) is 18.8 Å². The predicted octanol–water partition coefficient (Wildman–Crippen LogP) is 6.38. The number of aryl methyl sites for hydroxylation is 1. The number of alkyl halides is 3. The molecule has 0 radical (unpaired) electrons. The number of aliphatic carboxylic acids is 1. The number of amides is 1. The molecule has 1 unspecified atom stereocenters. The second-order valence-corrected chi connectivity index (χ2v) is 11.2. The summed E-state index contributed by atoms with van der Waals surface area (Å²) in [6, 6.07) is 17.0. The molecule has 4 rings (SSSR count). The van der Waals surface area contributed by atoms with Crippen LogP contribution in [0.4, 0.5) is 13.2 Å². The third kappa shape index (κ3) is 8.69. The maximum Gasteiger partial charge on any atom is 0.490 e. The highest BCUT2D eigenvalue weighted by Gasteiger charge is 2.40. The third-order valence-corrected chi connectivity index (χ3v) is 8.00. The Kier molecular flexibility index (Phi) is 11.4. The van der Waals surface area contributed by atoms with Gasteiger partial charge in [-0.15, -0.1) is 0 Å². The van der Waals surface area contributed by atoms with Gasteiger partial charge in [0, 0.05) is 30.1 Å². The number of hydrogen-bond donors (Lipinski definition) is 2. The van der Waals surface area contributed by atoms with Gasteiger partial charge < -0.3 is 15.2 Å². The molecule has 40 heavy (non-hydrogen) atoms. The molecule has 2 N–H and O–H groups in total. The molecule has 2 aliphatic rings. The van der Waals surface area contributed by atoms with Crippen LogP contribution in [-0.2, 0) is 14.3 Å². The van der Waals surface area contributed by atoms with Crippen LogP contribution in [0.2, 0.25) is 5.02 Å². The predicted molar refractivity (Wildman–Crippen MR) is 148 cm³/mol. The zero-order chi connectivity index (χ0) is 29.4. The number of benzene rings is 2. The number of rotatable bonds is 6. The van der Waals surface area contributed by atoms with Gasteiger partial charge in [-0.3, -0.25) is 9.69 Å². The maximum atomic E-state index is 13.8. The van der Waals surface area contributed by atoms with Gasteiger partial charge in [0.2, 0.25) is 5.91 Å². The van der Waals surface area contributed by atoms with Gasteiger partial charge in [0.15, 0.2) is 0 Å². The van der Waals surface area contributed by atoms with Gasteiger partial charge in [-0.2, -0.15) is 13.2 Å². The number of carboxylic acid groups (broad SMARTS) is 1. The summed E-state index contributed by atoms with van der Waals surface area (Å²) in [5.74, 6) is -2.08. The molecule has 220 valence electrons. The molecule has 2 fully saturated rings. The van der Waals surface area contributed by atoms with Crippen molar-refractivity contribution in [3.63, 3.8) is 0 Å². The van der Waals surface area contributed by atoms with Gasteiger partial charge in [-0.1, -0.05) is 61.8 Å². The lowest BCUT2D eigenvalue weighted by Gasteiger charge is -2.43. The highest BCUT2D eigenvalue weighted by Crippen LogP contribution is 2.41.